The smallest absolute Gasteiger partial charge is 0.205 e. The number of aromatic nitrogens is 1. The van der Waals surface area contributed by atoms with Crippen molar-refractivity contribution in [2.75, 3.05) is 0 Å². The maximum Gasteiger partial charge on any atom is 0.205 e. The second-order valence-electron chi connectivity index (χ2n) is 4.51. The van der Waals surface area contributed by atoms with Gasteiger partial charge in [-0.25, -0.2) is 0 Å². The summed E-state index contributed by atoms with van der Waals surface area (Å²) in [5, 5.41) is 2.96. The molecule has 0 atom stereocenters. The first-order valence-electron chi connectivity index (χ1n) is 5.83. The van der Waals surface area contributed by atoms with Gasteiger partial charge in [0.2, 0.25) is 5.78 Å². The van der Waals surface area contributed by atoms with Crippen molar-refractivity contribution in [3.8, 4) is 0 Å². The Bertz CT molecular complexity index is 736. The van der Waals surface area contributed by atoms with Gasteiger partial charge in [0.05, 0.1) is 4.88 Å². The first-order chi connectivity index (χ1) is 8.66. The minimum absolute atomic E-state index is 0.109. The zero-order valence-corrected chi connectivity index (χ0v) is 11.1. The van der Waals surface area contributed by atoms with Crippen LogP contribution in [-0.4, -0.2) is 10.8 Å². The van der Waals surface area contributed by atoms with Crippen molar-refractivity contribution in [3.63, 3.8) is 0 Å². The van der Waals surface area contributed by atoms with Crippen LogP contribution in [0.15, 0.2) is 35.8 Å². The van der Waals surface area contributed by atoms with Gasteiger partial charge in [0.25, 0.3) is 0 Å². The van der Waals surface area contributed by atoms with Gasteiger partial charge in [0.1, 0.15) is 0 Å². The number of thiophene rings is 1. The fourth-order valence-electron chi connectivity index (χ4n) is 2.16. The molecule has 3 rings (SSSR count). The lowest BCUT2D eigenvalue weighted by atomic mass is 10.1. The van der Waals surface area contributed by atoms with Crippen LogP contribution in [-0.2, 0) is 0 Å². The van der Waals surface area contributed by atoms with E-state index < -0.39 is 0 Å². The third-order valence-corrected chi connectivity index (χ3v) is 4.17. The number of aryl methyl sites for hydroxylation is 2. The van der Waals surface area contributed by atoms with Crippen LogP contribution in [0.3, 0.4) is 0 Å². The number of carbonyl (C=O) groups excluding carboxylic acids is 1. The SMILES string of the molecule is Cc1ccc2c(C(=O)c3sccc3C)c[nH]c2c1. The van der Waals surface area contributed by atoms with Crippen LogP contribution in [0, 0.1) is 13.8 Å². The molecule has 3 aromatic rings. The Morgan fingerprint density at radius 3 is 2.78 bits per heavy atom. The van der Waals surface area contributed by atoms with Crippen molar-refractivity contribution >= 4 is 28.0 Å². The number of benzene rings is 1. The van der Waals surface area contributed by atoms with Gasteiger partial charge in [0, 0.05) is 22.7 Å². The van der Waals surface area contributed by atoms with Crippen molar-refractivity contribution in [1.29, 1.82) is 0 Å². The number of fused-ring (bicyclic) bond motifs is 1. The van der Waals surface area contributed by atoms with Crippen molar-refractivity contribution in [3.05, 3.63) is 57.4 Å². The average molecular weight is 255 g/mol. The zero-order chi connectivity index (χ0) is 12.7. The van der Waals surface area contributed by atoms with Crippen LogP contribution in [0.25, 0.3) is 10.9 Å². The second-order valence-corrected chi connectivity index (χ2v) is 5.43. The predicted molar refractivity (Wildman–Crippen MR) is 75.5 cm³/mol. The van der Waals surface area contributed by atoms with Crippen molar-refractivity contribution in [2.24, 2.45) is 0 Å². The highest BCUT2D eigenvalue weighted by Crippen LogP contribution is 2.25. The van der Waals surface area contributed by atoms with E-state index in [1.54, 1.807) is 0 Å². The molecule has 1 N–H and O–H groups in total. The summed E-state index contributed by atoms with van der Waals surface area (Å²) >= 11 is 1.50. The van der Waals surface area contributed by atoms with Gasteiger partial charge in [-0.2, -0.15) is 0 Å². The predicted octanol–water partition coefficient (Wildman–Crippen LogP) is 4.08. The summed E-state index contributed by atoms with van der Waals surface area (Å²) in [6.07, 6.45) is 1.81. The fourth-order valence-corrected chi connectivity index (χ4v) is 3.03. The van der Waals surface area contributed by atoms with E-state index in [-0.39, 0.29) is 5.78 Å². The zero-order valence-electron chi connectivity index (χ0n) is 10.3. The summed E-state index contributed by atoms with van der Waals surface area (Å²) in [6, 6.07) is 8.09. The molecule has 1 aromatic carbocycles. The van der Waals surface area contributed by atoms with E-state index in [0.29, 0.717) is 0 Å². The van der Waals surface area contributed by atoms with Crippen molar-refractivity contribution in [1.82, 2.24) is 4.98 Å². The van der Waals surface area contributed by atoms with Crippen LogP contribution in [0.5, 0.6) is 0 Å². The second kappa shape index (κ2) is 4.10. The summed E-state index contributed by atoms with van der Waals surface area (Å²) in [6.45, 7) is 4.02. The highest BCUT2D eigenvalue weighted by Gasteiger charge is 2.16. The molecule has 2 heterocycles. The molecule has 2 aromatic heterocycles. The molecule has 0 amide bonds. The van der Waals surface area contributed by atoms with Crippen LogP contribution in [0.1, 0.15) is 26.4 Å². The highest BCUT2D eigenvalue weighted by atomic mass is 32.1. The van der Waals surface area contributed by atoms with E-state index in [2.05, 4.69) is 11.1 Å². The average Bonchev–Trinajstić information content (AvgIpc) is 2.94. The summed E-state index contributed by atoms with van der Waals surface area (Å²) in [5.74, 6) is 0.109. The van der Waals surface area contributed by atoms with E-state index in [0.717, 1.165) is 26.9 Å². The minimum atomic E-state index is 0.109. The van der Waals surface area contributed by atoms with Crippen LogP contribution in [0.2, 0.25) is 0 Å². The summed E-state index contributed by atoms with van der Waals surface area (Å²) in [5.41, 5.74) is 4.02. The Labute approximate surface area is 109 Å². The van der Waals surface area contributed by atoms with Crippen molar-refractivity contribution in [2.45, 2.75) is 13.8 Å². The third kappa shape index (κ3) is 1.68. The number of rotatable bonds is 2. The molecule has 0 aliphatic carbocycles. The first-order valence-corrected chi connectivity index (χ1v) is 6.71. The molecule has 0 saturated heterocycles. The molecule has 2 nitrogen and oxygen atoms in total. The number of hydrogen-bond donors (Lipinski definition) is 1. The number of H-pyrrole nitrogens is 1. The van der Waals surface area contributed by atoms with Gasteiger partial charge >= 0.3 is 0 Å². The van der Waals surface area contributed by atoms with Gasteiger partial charge in [-0.05, 0) is 42.5 Å². The maximum absolute atomic E-state index is 12.5. The monoisotopic (exact) mass is 255 g/mol. The molecule has 0 radical (unpaired) electrons. The Morgan fingerprint density at radius 2 is 2.06 bits per heavy atom. The molecular formula is C15H13NOS. The van der Waals surface area contributed by atoms with Gasteiger partial charge in [-0.3, -0.25) is 4.79 Å². The van der Waals surface area contributed by atoms with E-state index in [1.165, 1.54) is 16.9 Å². The molecular weight excluding hydrogens is 242 g/mol. The Kier molecular flexibility index (Phi) is 2.56. The molecule has 0 fully saturated rings. The Balaban J connectivity index is 2.16. The lowest BCUT2D eigenvalue weighted by Gasteiger charge is -1.99. The first kappa shape index (κ1) is 11.2. The summed E-state index contributed by atoms with van der Waals surface area (Å²) in [4.78, 5) is 16.5. The van der Waals surface area contributed by atoms with Gasteiger partial charge in [0.15, 0.2) is 0 Å². The molecule has 0 saturated carbocycles. The topological polar surface area (TPSA) is 32.9 Å². The van der Waals surface area contributed by atoms with E-state index in [1.807, 2.05) is 43.6 Å². The molecule has 18 heavy (non-hydrogen) atoms. The molecule has 0 aliphatic rings. The lowest BCUT2D eigenvalue weighted by Crippen LogP contribution is -1.99. The number of aromatic amines is 1. The quantitative estimate of drug-likeness (QED) is 0.688. The molecule has 0 aliphatic heterocycles. The fraction of sp³-hybridized carbons (Fsp3) is 0.133. The largest absolute Gasteiger partial charge is 0.360 e. The highest BCUT2D eigenvalue weighted by molar-refractivity contribution is 7.12. The Hall–Kier alpha value is -1.87. The van der Waals surface area contributed by atoms with Crippen LogP contribution < -0.4 is 0 Å². The molecule has 0 spiro atoms. The molecule has 90 valence electrons. The maximum atomic E-state index is 12.5. The number of nitrogens with one attached hydrogen (secondary N) is 1. The van der Waals surface area contributed by atoms with E-state index in [9.17, 15) is 4.79 Å². The van der Waals surface area contributed by atoms with Gasteiger partial charge in [-0.15, -0.1) is 11.3 Å². The number of hydrogen-bond acceptors (Lipinski definition) is 2. The molecule has 3 heteroatoms. The number of carbonyl (C=O) groups is 1. The lowest BCUT2D eigenvalue weighted by molar-refractivity contribution is 0.104. The van der Waals surface area contributed by atoms with Crippen LogP contribution in [0.4, 0.5) is 0 Å². The standard InChI is InChI=1S/C15H13NOS/c1-9-3-4-11-12(8-16-13(11)7-9)14(17)15-10(2)5-6-18-15/h3-8,16H,1-2H3. The van der Waals surface area contributed by atoms with E-state index >= 15 is 0 Å². The van der Waals surface area contributed by atoms with Crippen LogP contribution >= 0.6 is 11.3 Å². The van der Waals surface area contributed by atoms with Crippen molar-refractivity contribution < 1.29 is 4.79 Å². The summed E-state index contributed by atoms with van der Waals surface area (Å²) in [7, 11) is 0. The van der Waals surface area contributed by atoms with Gasteiger partial charge < -0.3 is 4.98 Å². The Morgan fingerprint density at radius 1 is 1.22 bits per heavy atom. The minimum Gasteiger partial charge on any atom is -0.360 e. The molecule has 0 bridgehead atoms. The third-order valence-electron chi connectivity index (χ3n) is 3.15. The molecule has 0 unspecified atom stereocenters. The number of ketones is 1. The summed E-state index contributed by atoms with van der Waals surface area (Å²) < 4.78 is 0. The normalized spacial score (nSPS) is 11.0. The van der Waals surface area contributed by atoms with E-state index in [4.69, 9.17) is 0 Å². The van der Waals surface area contributed by atoms with Gasteiger partial charge in [-0.1, -0.05) is 12.1 Å².